The number of rotatable bonds is 6. The van der Waals surface area contributed by atoms with Crippen LogP contribution in [0.2, 0.25) is 0 Å². The maximum atomic E-state index is 6.04. The standard InChI is InChI=1S/C21H23N5O4S2/c1-12-6-13(2)8-14(7-12)22-21(31)30-17-10-29-18-16(9-28-19(17)18)26-20(23-24-25-26)32-11-15-4-3-5-27-15/h3-8,16-19H,9-11H2,1-2H3,(H,22,31)/t16-,17-,18-,19+/m0/s1. The van der Waals surface area contributed by atoms with E-state index in [-0.39, 0.29) is 24.4 Å². The SMILES string of the molecule is Cc1cc(C)cc(NC(=S)O[C@H]2CO[C@@H]3[C@@H]2OC[C@@H]3n2nnnc2SCc2ccco2)c1. The number of nitrogens with zero attached hydrogens (tertiary/aromatic N) is 4. The van der Waals surface area contributed by atoms with Crippen molar-refractivity contribution in [3.05, 3.63) is 53.5 Å². The zero-order chi connectivity index (χ0) is 22.1. The molecule has 2 saturated heterocycles. The Hall–Kier alpha value is -2.47. The molecule has 4 atom stereocenters. The molecule has 11 heteroatoms. The molecular formula is C21H23N5O4S2. The number of hydrogen-bond donors (Lipinski definition) is 1. The van der Waals surface area contributed by atoms with E-state index in [1.807, 2.05) is 38.1 Å². The lowest BCUT2D eigenvalue weighted by molar-refractivity contribution is 0.0253. The molecule has 1 N–H and O–H groups in total. The van der Waals surface area contributed by atoms with Gasteiger partial charge in [-0.2, -0.15) is 0 Å². The highest BCUT2D eigenvalue weighted by molar-refractivity contribution is 7.98. The Labute approximate surface area is 194 Å². The molecule has 168 valence electrons. The fraction of sp³-hybridized carbons (Fsp3) is 0.429. The number of hydrogen-bond acceptors (Lipinski definition) is 9. The maximum Gasteiger partial charge on any atom is 0.261 e. The number of nitrogens with one attached hydrogen (secondary N) is 1. The Kier molecular flexibility index (Phi) is 6.13. The van der Waals surface area contributed by atoms with E-state index in [0.29, 0.717) is 29.3 Å². The number of aryl methyl sites for hydroxylation is 2. The topological polar surface area (TPSA) is 96.5 Å². The summed E-state index contributed by atoms with van der Waals surface area (Å²) in [4.78, 5) is 0. The minimum Gasteiger partial charge on any atom is -0.468 e. The van der Waals surface area contributed by atoms with Crippen molar-refractivity contribution in [3.8, 4) is 0 Å². The third-order valence-corrected chi connectivity index (χ3v) is 6.56. The van der Waals surface area contributed by atoms with E-state index in [0.717, 1.165) is 22.6 Å². The lowest BCUT2D eigenvalue weighted by Gasteiger charge is -2.19. The first-order valence-electron chi connectivity index (χ1n) is 10.3. The van der Waals surface area contributed by atoms with Crippen molar-refractivity contribution in [2.45, 2.75) is 49.1 Å². The molecule has 2 aromatic heterocycles. The smallest absolute Gasteiger partial charge is 0.261 e. The van der Waals surface area contributed by atoms with E-state index in [1.54, 1.807) is 10.9 Å². The van der Waals surface area contributed by atoms with Gasteiger partial charge in [-0.15, -0.1) is 5.10 Å². The van der Waals surface area contributed by atoms with Crippen LogP contribution in [-0.4, -0.2) is 56.9 Å². The van der Waals surface area contributed by atoms with Crippen molar-refractivity contribution in [2.24, 2.45) is 0 Å². The minimum absolute atomic E-state index is 0.136. The Morgan fingerprint density at radius 2 is 2.03 bits per heavy atom. The van der Waals surface area contributed by atoms with Crippen LogP contribution in [-0.2, 0) is 20.0 Å². The highest BCUT2D eigenvalue weighted by atomic mass is 32.2. The van der Waals surface area contributed by atoms with Crippen LogP contribution >= 0.6 is 24.0 Å². The average Bonchev–Trinajstić information content (AvgIpc) is 3.52. The van der Waals surface area contributed by atoms with Gasteiger partial charge in [-0.05, 0) is 71.9 Å². The largest absolute Gasteiger partial charge is 0.468 e. The van der Waals surface area contributed by atoms with Gasteiger partial charge in [-0.1, -0.05) is 17.8 Å². The predicted molar refractivity (Wildman–Crippen MR) is 122 cm³/mol. The second-order valence-electron chi connectivity index (χ2n) is 7.88. The van der Waals surface area contributed by atoms with Crippen LogP contribution in [0.1, 0.15) is 22.9 Å². The molecule has 2 aliphatic heterocycles. The van der Waals surface area contributed by atoms with E-state index in [9.17, 15) is 0 Å². The molecular weight excluding hydrogens is 450 g/mol. The third kappa shape index (κ3) is 4.51. The summed E-state index contributed by atoms with van der Waals surface area (Å²) < 4.78 is 25.2. The van der Waals surface area contributed by atoms with Gasteiger partial charge in [0.2, 0.25) is 5.16 Å². The summed E-state index contributed by atoms with van der Waals surface area (Å²) in [7, 11) is 0. The zero-order valence-corrected chi connectivity index (χ0v) is 19.3. The lowest BCUT2D eigenvalue weighted by atomic mass is 10.1. The minimum atomic E-state index is -0.299. The van der Waals surface area contributed by atoms with E-state index in [2.05, 4.69) is 26.9 Å². The normalized spacial score (nSPS) is 24.4. The van der Waals surface area contributed by atoms with Crippen molar-refractivity contribution in [3.63, 3.8) is 0 Å². The summed E-state index contributed by atoms with van der Waals surface area (Å²) in [5, 5.41) is 16.3. The van der Waals surface area contributed by atoms with Crippen molar-refractivity contribution < 1.29 is 18.6 Å². The molecule has 0 aliphatic carbocycles. The highest BCUT2D eigenvalue weighted by Crippen LogP contribution is 2.37. The number of benzene rings is 1. The van der Waals surface area contributed by atoms with Crippen molar-refractivity contribution >= 4 is 34.8 Å². The number of thiocarbonyl (C=S) groups is 1. The first-order valence-corrected chi connectivity index (χ1v) is 11.7. The number of furan rings is 1. The average molecular weight is 474 g/mol. The van der Waals surface area contributed by atoms with Crippen LogP contribution in [0, 0.1) is 13.8 Å². The van der Waals surface area contributed by atoms with Crippen molar-refractivity contribution in [1.82, 2.24) is 20.2 Å². The summed E-state index contributed by atoms with van der Waals surface area (Å²) in [6.07, 6.45) is 0.897. The summed E-state index contributed by atoms with van der Waals surface area (Å²) in [5.74, 6) is 1.50. The van der Waals surface area contributed by atoms with Crippen LogP contribution in [0.4, 0.5) is 5.69 Å². The lowest BCUT2D eigenvalue weighted by Crippen LogP contribution is -2.35. The van der Waals surface area contributed by atoms with Gasteiger partial charge in [0.1, 0.15) is 24.0 Å². The third-order valence-electron chi connectivity index (χ3n) is 5.41. The zero-order valence-electron chi connectivity index (χ0n) is 17.6. The van der Waals surface area contributed by atoms with E-state index in [4.69, 9.17) is 30.8 Å². The van der Waals surface area contributed by atoms with E-state index >= 15 is 0 Å². The van der Waals surface area contributed by atoms with Crippen molar-refractivity contribution in [2.75, 3.05) is 18.5 Å². The van der Waals surface area contributed by atoms with Gasteiger partial charge in [0.15, 0.2) is 6.10 Å². The van der Waals surface area contributed by atoms with Gasteiger partial charge >= 0.3 is 0 Å². The van der Waals surface area contributed by atoms with Crippen LogP contribution in [0.3, 0.4) is 0 Å². The van der Waals surface area contributed by atoms with Crippen molar-refractivity contribution in [1.29, 1.82) is 0 Å². The number of anilines is 1. The number of thioether (sulfide) groups is 1. The quantitative estimate of drug-likeness (QED) is 0.424. The second kappa shape index (κ2) is 9.18. The molecule has 9 nitrogen and oxygen atoms in total. The Morgan fingerprint density at radius 3 is 2.81 bits per heavy atom. The van der Waals surface area contributed by atoms with Crippen LogP contribution in [0.15, 0.2) is 46.2 Å². The molecule has 4 heterocycles. The summed E-state index contributed by atoms with van der Waals surface area (Å²) in [5.41, 5.74) is 3.22. The number of aromatic nitrogens is 4. The molecule has 3 aromatic rings. The van der Waals surface area contributed by atoms with Gasteiger partial charge < -0.3 is 23.9 Å². The molecule has 1 aromatic carbocycles. The summed E-state index contributed by atoms with van der Waals surface area (Å²) in [6, 6.07) is 9.81. The molecule has 5 rings (SSSR count). The van der Waals surface area contributed by atoms with E-state index < -0.39 is 0 Å². The molecule has 32 heavy (non-hydrogen) atoms. The monoisotopic (exact) mass is 473 g/mol. The first kappa shape index (κ1) is 21.4. The van der Waals surface area contributed by atoms with Crippen LogP contribution in [0.25, 0.3) is 0 Å². The Morgan fingerprint density at radius 1 is 1.22 bits per heavy atom. The predicted octanol–water partition coefficient (Wildman–Crippen LogP) is 3.30. The van der Waals surface area contributed by atoms with Gasteiger partial charge in [-0.3, -0.25) is 0 Å². The van der Waals surface area contributed by atoms with Gasteiger partial charge in [0, 0.05) is 5.69 Å². The Balaban J connectivity index is 1.20. The fourth-order valence-electron chi connectivity index (χ4n) is 4.11. The molecule has 0 saturated carbocycles. The molecule has 2 aliphatic rings. The highest BCUT2D eigenvalue weighted by Gasteiger charge is 2.51. The molecule has 0 radical (unpaired) electrons. The number of ether oxygens (including phenoxy) is 3. The fourth-order valence-corrected chi connectivity index (χ4v) is 5.18. The first-order chi connectivity index (χ1) is 15.6. The summed E-state index contributed by atoms with van der Waals surface area (Å²) in [6.45, 7) is 4.91. The Bertz CT molecular complexity index is 1070. The van der Waals surface area contributed by atoms with E-state index in [1.165, 1.54) is 11.8 Å². The van der Waals surface area contributed by atoms with Crippen LogP contribution in [0.5, 0.6) is 0 Å². The summed E-state index contributed by atoms with van der Waals surface area (Å²) >= 11 is 6.94. The molecule has 0 spiro atoms. The molecule has 0 bridgehead atoms. The van der Waals surface area contributed by atoms with Gasteiger partial charge in [0.25, 0.3) is 5.17 Å². The maximum absolute atomic E-state index is 6.04. The second-order valence-corrected chi connectivity index (χ2v) is 9.20. The number of tetrazole rings is 1. The number of fused-ring (bicyclic) bond motifs is 1. The molecule has 2 fully saturated rings. The molecule has 0 unspecified atom stereocenters. The van der Waals surface area contributed by atoms with Gasteiger partial charge in [0.05, 0.1) is 25.2 Å². The molecule has 0 amide bonds. The van der Waals surface area contributed by atoms with Gasteiger partial charge in [-0.25, -0.2) is 4.68 Å². The van der Waals surface area contributed by atoms with Crippen LogP contribution < -0.4 is 5.32 Å².